The second-order valence-corrected chi connectivity index (χ2v) is 16.0. The molecule has 3 aromatic carbocycles. The van der Waals surface area contributed by atoms with Gasteiger partial charge in [0.15, 0.2) is 5.11 Å². The van der Waals surface area contributed by atoms with Crippen LogP contribution in [0.15, 0.2) is 66.7 Å². The molecule has 0 spiro atoms. The number of hydrazine groups is 1. The van der Waals surface area contributed by atoms with Crippen molar-refractivity contribution >= 4 is 63.6 Å². The van der Waals surface area contributed by atoms with Gasteiger partial charge < -0.3 is 58.1 Å². The molecule has 19 heteroatoms. The summed E-state index contributed by atoms with van der Waals surface area (Å²) in [7, 11) is 0. The second kappa shape index (κ2) is 28.3. The maximum absolute atomic E-state index is 13.4. The number of aliphatic carboxylic acids is 2. The van der Waals surface area contributed by atoms with E-state index in [0.717, 1.165) is 87.1 Å². The third-order valence-electron chi connectivity index (χ3n) is 10.5. The highest BCUT2D eigenvalue weighted by atomic mass is 32.1. The summed E-state index contributed by atoms with van der Waals surface area (Å²) in [5.74, 6) is 2.98. The van der Waals surface area contributed by atoms with Gasteiger partial charge in [-0.15, -0.1) is 0 Å². The Morgan fingerprint density at radius 2 is 1.48 bits per heavy atom. The Balaban J connectivity index is 1.17. The quantitative estimate of drug-likeness (QED) is 0.0387. The molecule has 3 atom stereocenters. The van der Waals surface area contributed by atoms with Crippen molar-refractivity contribution in [2.24, 2.45) is 5.84 Å². The first-order valence-electron chi connectivity index (χ1n) is 21.8. The number of urea groups is 1. The fourth-order valence-corrected chi connectivity index (χ4v) is 7.24. The lowest BCUT2D eigenvalue weighted by Gasteiger charge is -2.23. The molecule has 0 aromatic heterocycles. The van der Waals surface area contributed by atoms with Crippen LogP contribution in [-0.2, 0) is 32.0 Å². The van der Waals surface area contributed by atoms with E-state index in [4.69, 9.17) is 23.2 Å². The van der Waals surface area contributed by atoms with Crippen LogP contribution in [0.4, 0.5) is 10.5 Å². The Bertz CT molecular complexity index is 1920. The maximum Gasteiger partial charge on any atom is 0.326 e. The molecular formula is C44H65N11O7S. The van der Waals surface area contributed by atoms with E-state index in [2.05, 4.69) is 60.0 Å². The van der Waals surface area contributed by atoms with Crippen LogP contribution in [0, 0.1) is 0 Å². The van der Waals surface area contributed by atoms with Crippen LogP contribution in [-0.4, -0.2) is 134 Å². The smallest absolute Gasteiger partial charge is 0.326 e. The number of unbranched alkanes of at least 4 members (excludes halogenated alkanes) is 3. The summed E-state index contributed by atoms with van der Waals surface area (Å²) in [6.45, 7) is 6.17. The van der Waals surface area contributed by atoms with Crippen LogP contribution < -0.4 is 53.7 Å². The van der Waals surface area contributed by atoms with E-state index >= 15 is 0 Å². The number of rotatable bonds is 22. The fourth-order valence-electron chi connectivity index (χ4n) is 7.02. The molecule has 0 saturated carbocycles. The number of nitrogens with two attached hydrogens (primary N) is 1. The zero-order chi connectivity index (χ0) is 45.2. The molecule has 344 valence electrons. The van der Waals surface area contributed by atoms with Gasteiger partial charge >= 0.3 is 18.0 Å². The number of amides is 4. The van der Waals surface area contributed by atoms with Crippen LogP contribution in [0.2, 0.25) is 0 Å². The van der Waals surface area contributed by atoms with Gasteiger partial charge in [0.25, 0.3) is 0 Å². The van der Waals surface area contributed by atoms with E-state index in [1.165, 1.54) is 5.56 Å². The summed E-state index contributed by atoms with van der Waals surface area (Å²) < 4.78 is 0. The Kier molecular flexibility index (Phi) is 22.5. The number of carboxylic acid groups (broad SMARTS) is 2. The molecule has 1 saturated heterocycles. The van der Waals surface area contributed by atoms with E-state index in [0.29, 0.717) is 30.9 Å². The topological polar surface area (TPSA) is 263 Å². The van der Waals surface area contributed by atoms with Gasteiger partial charge in [0.2, 0.25) is 11.8 Å². The van der Waals surface area contributed by atoms with Crippen LogP contribution in [0.5, 0.6) is 0 Å². The molecule has 1 fully saturated rings. The number of hydrogen-bond acceptors (Lipinski definition) is 11. The third-order valence-corrected chi connectivity index (χ3v) is 10.7. The molecule has 0 bridgehead atoms. The van der Waals surface area contributed by atoms with Crippen LogP contribution in [0.3, 0.4) is 0 Å². The number of benzene rings is 3. The minimum Gasteiger partial charge on any atom is -0.480 e. The molecule has 1 heterocycles. The highest BCUT2D eigenvalue weighted by molar-refractivity contribution is 7.80. The van der Waals surface area contributed by atoms with Gasteiger partial charge in [-0.1, -0.05) is 61.0 Å². The molecule has 1 unspecified atom stereocenters. The fraction of sp³-hybridized carbons (Fsp3) is 0.500. The molecule has 4 rings (SSSR count). The van der Waals surface area contributed by atoms with Crippen molar-refractivity contribution in [3.8, 4) is 0 Å². The molecule has 63 heavy (non-hydrogen) atoms. The SMILES string of the molecule is NN1CCNCCNCC(Cc2ccc(NC(=S)NCCCCCC(=O)N[C@@H](Cc3ccc4ccccc4c3)C(=O)NCCCC[C@H](NC(=O)NCC(=O)O)C(=O)O)cc2)NCC1. The van der Waals surface area contributed by atoms with Crippen molar-refractivity contribution in [2.75, 3.05) is 70.8 Å². The zero-order valence-corrected chi connectivity index (χ0v) is 36.7. The number of fused-ring (bicyclic) bond motifs is 1. The van der Waals surface area contributed by atoms with E-state index in [1.807, 2.05) is 59.6 Å². The summed E-state index contributed by atoms with van der Waals surface area (Å²) >= 11 is 5.53. The average molecular weight is 892 g/mol. The normalized spacial score (nSPS) is 16.0. The molecule has 1 aliphatic rings. The van der Waals surface area contributed by atoms with Crippen molar-refractivity contribution in [3.05, 3.63) is 77.9 Å². The number of hydrogen-bond donors (Lipinski definition) is 12. The third kappa shape index (κ3) is 20.5. The highest BCUT2D eigenvalue weighted by Gasteiger charge is 2.23. The first-order valence-corrected chi connectivity index (χ1v) is 22.2. The van der Waals surface area contributed by atoms with E-state index < -0.39 is 36.6 Å². The van der Waals surface area contributed by atoms with Crippen molar-refractivity contribution in [1.29, 1.82) is 0 Å². The predicted octanol–water partition coefficient (Wildman–Crippen LogP) is 1.41. The van der Waals surface area contributed by atoms with Gasteiger partial charge in [-0.2, -0.15) is 0 Å². The number of nitrogens with zero attached hydrogens (tertiary/aromatic N) is 1. The van der Waals surface area contributed by atoms with Crippen molar-refractivity contribution in [1.82, 2.24) is 47.5 Å². The monoisotopic (exact) mass is 891 g/mol. The number of anilines is 1. The summed E-state index contributed by atoms with van der Waals surface area (Å²) in [5, 5.41) is 49.8. The lowest BCUT2D eigenvalue weighted by atomic mass is 10.0. The number of carboxylic acids is 2. The van der Waals surface area contributed by atoms with E-state index in [-0.39, 0.29) is 43.7 Å². The Hall–Kier alpha value is -5.44. The number of nitrogens with one attached hydrogen (secondary N) is 9. The van der Waals surface area contributed by atoms with Gasteiger partial charge in [-0.25, -0.2) is 14.6 Å². The molecule has 13 N–H and O–H groups in total. The largest absolute Gasteiger partial charge is 0.480 e. The summed E-state index contributed by atoms with van der Waals surface area (Å²) in [6, 6.07) is 19.4. The van der Waals surface area contributed by atoms with Gasteiger partial charge in [-0.05, 0) is 84.8 Å². The molecular weight excluding hydrogens is 827 g/mol. The molecule has 1 aliphatic heterocycles. The van der Waals surface area contributed by atoms with Crippen molar-refractivity contribution < 1.29 is 34.2 Å². The zero-order valence-electron chi connectivity index (χ0n) is 35.9. The molecule has 4 amide bonds. The number of thiocarbonyl (C=S) groups is 1. The lowest BCUT2D eigenvalue weighted by molar-refractivity contribution is -0.139. The average Bonchev–Trinajstić information content (AvgIpc) is 3.25. The van der Waals surface area contributed by atoms with Crippen LogP contribution in [0.1, 0.15) is 56.1 Å². The predicted molar refractivity (Wildman–Crippen MR) is 248 cm³/mol. The minimum absolute atomic E-state index is 0.0698. The Labute approximate surface area is 374 Å². The van der Waals surface area contributed by atoms with Crippen LogP contribution >= 0.6 is 12.2 Å². The number of carbonyl (C=O) groups excluding carboxylic acids is 3. The summed E-state index contributed by atoms with van der Waals surface area (Å²) in [6.07, 6.45) is 4.43. The van der Waals surface area contributed by atoms with E-state index in [9.17, 15) is 29.1 Å². The molecule has 0 aliphatic carbocycles. The van der Waals surface area contributed by atoms with Gasteiger partial charge in [0, 0.05) is 83.5 Å². The van der Waals surface area contributed by atoms with Crippen LogP contribution in [0.25, 0.3) is 10.8 Å². The summed E-state index contributed by atoms with van der Waals surface area (Å²) in [4.78, 5) is 60.7. The van der Waals surface area contributed by atoms with Crippen molar-refractivity contribution in [3.63, 3.8) is 0 Å². The first kappa shape index (κ1) is 50.2. The molecule has 18 nitrogen and oxygen atoms in total. The second-order valence-electron chi connectivity index (χ2n) is 15.6. The summed E-state index contributed by atoms with van der Waals surface area (Å²) in [5.41, 5.74) is 3.00. The number of carbonyl (C=O) groups is 5. The van der Waals surface area contributed by atoms with Gasteiger partial charge in [0.1, 0.15) is 18.6 Å². The standard InChI is InChI=1S/C44H65N11O7S/c45-55-24-22-46-20-21-47-29-36(48-23-25-55)27-31-13-16-35(17-14-31)52-44(63)50-19-6-1-2-11-39(56)53-38(28-32-12-15-33-8-3-4-9-34(33)26-32)41(59)49-18-7-5-10-37(42(60)61)54-43(62)51-30-40(57)58/h3-4,8-9,12-17,26,36-38,46-48H,1-2,5-7,10-11,18-25,27-30,45H2,(H,49,59)(H,53,56)(H,57,58)(H,60,61)(H2,50,52,63)(H2,51,54,62)/t36?,37-,38-/m0/s1. The molecule has 0 radical (unpaired) electrons. The Morgan fingerprint density at radius 1 is 0.762 bits per heavy atom. The lowest BCUT2D eigenvalue weighted by Crippen LogP contribution is -2.48. The maximum atomic E-state index is 13.4. The van der Waals surface area contributed by atoms with Crippen molar-refractivity contribution in [2.45, 2.75) is 75.9 Å². The van der Waals surface area contributed by atoms with Gasteiger partial charge in [-0.3, -0.25) is 20.2 Å². The van der Waals surface area contributed by atoms with Gasteiger partial charge in [0.05, 0.1) is 0 Å². The first-order chi connectivity index (χ1) is 30.4. The van der Waals surface area contributed by atoms with E-state index in [1.54, 1.807) is 0 Å². The highest BCUT2D eigenvalue weighted by Crippen LogP contribution is 2.17. The molecule has 3 aromatic rings. The minimum atomic E-state index is -1.26. The Morgan fingerprint density at radius 3 is 2.25 bits per heavy atom.